The van der Waals surface area contributed by atoms with E-state index < -0.39 is 44.0 Å². The van der Waals surface area contributed by atoms with Crippen molar-refractivity contribution in [3.63, 3.8) is 0 Å². The molecule has 0 aliphatic carbocycles. The summed E-state index contributed by atoms with van der Waals surface area (Å²) < 4.78 is 52.8. The standard InChI is InChI=1S/C16H23N3O5S2/c1-3-6-11-15-13(19(16(11)20)25(2,21)22)9-10-18(15)26(23,24)14-8-5-4-7-12(14)17/h4-5,7-8,11,13,15H,3,6,9-10,17H2,1-2H3/t11-,13+,15-/m1/s1. The van der Waals surface area contributed by atoms with Crippen LogP contribution in [0.2, 0.25) is 0 Å². The topological polar surface area (TPSA) is 118 Å². The van der Waals surface area contributed by atoms with Gasteiger partial charge in [-0.05, 0) is 25.0 Å². The van der Waals surface area contributed by atoms with Gasteiger partial charge >= 0.3 is 0 Å². The zero-order chi connectivity index (χ0) is 19.3. The molecule has 0 radical (unpaired) electrons. The molecular formula is C16H23N3O5S2. The number of para-hydroxylation sites is 1. The molecule has 0 unspecified atom stereocenters. The van der Waals surface area contributed by atoms with Crippen molar-refractivity contribution < 1.29 is 21.6 Å². The summed E-state index contributed by atoms with van der Waals surface area (Å²) in [6.07, 6.45) is 2.36. The third-order valence-electron chi connectivity index (χ3n) is 5.08. The monoisotopic (exact) mass is 401 g/mol. The second-order valence-electron chi connectivity index (χ2n) is 6.79. The first-order valence-corrected chi connectivity index (χ1v) is 11.8. The number of carbonyl (C=O) groups excluding carboxylic acids is 1. The highest BCUT2D eigenvalue weighted by molar-refractivity contribution is 7.89. The maximum atomic E-state index is 13.2. The number of hydrogen-bond donors (Lipinski definition) is 1. The van der Waals surface area contributed by atoms with E-state index in [0.29, 0.717) is 12.8 Å². The number of hydrogen-bond acceptors (Lipinski definition) is 6. The second kappa shape index (κ2) is 6.50. The Morgan fingerprint density at radius 1 is 1.19 bits per heavy atom. The predicted octanol–water partition coefficient (Wildman–Crippen LogP) is 0.619. The Morgan fingerprint density at radius 2 is 1.85 bits per heavy atom. The van der Waals surface area contributed by atoms with Gasteiger partial charge in [0.05, 0.1) is 29.9 Å². The lowest BCUT2D eigenvalue weighted by molar-refractivity contribution is -0.128. The molecule has 1 amide bonds. The van der Waals surface area contributed by atoms with E-state index in [4.69, 9.17) is 5.73 Å². The summed E-state index contributed by atoms with van der Waals surface area (Å²) in [7, 11) is -7.69. The molecule has 10 heteroatoms. The van der Waals surface area contributed by atoms with Gasteiger partial charge in [-0.1, -0.05) is 25.5 Å². The molecule has 2 saturated heterocycles. The number of nitrogens with two attached hydrogens (primary N) is 1. The summed E-state index contributed by atoms with van der Waals surface area (Å²) in [5.41, 5.74) is 5.98. The van der Waals surface area contributed by atoms with E-state index >= 15 is 0 Å². The quantitative estimate of drug-likeness (QED) is 0.723. The van der Waals surface area contributed by atoms with Crippen LogP contribution in [0.25, 0.3) is 0 Å². The molecule has 8 nitrogen and oxygen atoms in total. The normalized spacial score (nSPS) is 27.1. The first-order chi connectivity index (χ1) is 12.1. The number of anilines is 1. The Hall–Kier alpha value is -1.65. The van der Waals surface area contributed by atoms with Crippen molar-refractivity contribution in [2.75, 3.05) is 18.5 Å². The van der Waals surface area contributed by atoms with Gasteiger partial charge < -0.3 is 5.73 Å². The van der Waals surface area contributed by atoms with Gasteiger partial charge in [0.25, 0.3) is 0 Å². The van der Waals surface area contributed by atoms with Crippen LogP contribution < -0.4 is 5.73 Å². The number of nitrogens with zero attached hydrogens (tertiary/aromatic N) is 2. The fourth-order valence-corrected chi connectivity index (χ4v) is 7.11. The van der Waals surface area contributed by atoms with Crippen LogP contribution in [-0.4, -0.2) is 56.2 Å². The number of carbonyl (C=O) groups is 1. The molecule has 1 aromatic carbocycles. The minimum absolute atomic E-state index is 0.0128. The van der Waals surface area contributed by atoms with Crippen molar-refractivity contribution in [1.82, 2.24) is 8.61 Å². The Kier molecular flexibility index (Phi) is 4.78. The predicted molar refractivity (Wildman–Crippen MR) is 97.0 cm³/mol. The van der Waals surface area contributed by atoms with Crippen LogP contribution in [0.3, 0.4) is 0 Å². The Bertz CT molecular complexity index is 929. The van der Waals surface area contributed by atoms with E-state index in [1.165, 1.54) is 16.4 Å². The molecule has 0 spiro atoms. The van der Waals surface area contributed by atoms with Gasteiger partial charge in [0, 0.05) is 6.54 Å². The molecule has 2 aliphatic rings. The first kappa shape index (κ1) is 19.1. The highest BCUT2D eigenvalue weighted by Crippen LogP contribution is 2.42. The fourth-order valence-electron chi connectivity index (χ4n) is 4.11. The lowest BCUT2D eigenvalue weighted by atomic mass is 9.95. The largest absolute Gasteiger partial charge is 0.398 e. The summed E-state index contributed by atoms with van der Waals surface area (Å²) in [5.74, 6) is -1.17. The molecule has 0 saturated carbocycles. The van der Waals surface area contributed by atoms with E-state index in [1.807, 2.05) is 6.92 Å². The summed E-state index contributed by atoms with van der Waals surface area (Å²) >= 11 is 0. The summed E-state index contributed by atoms with van der Waals surface area (Å²) in [4.78, 5) is 12.7. The van der Waals surface area contributed by atoms with E-state index in [-0.39, 0.29) is 23.5 Å². The average molecular weight is 402 g/mol. The molecule has 0 aromatic heterocycles. The second-order valence-corrected chi connectivity index (χ2v) is 10.5. The zero-order valence-electron chi connectivity index (χ0n) is 14.7. The molecular weight excluding hydrogens is 378 g/mol. The molecule has 2 heterocycles. The first-order valence-electron chi connectivity index (χ1n) is 8.50. The number of sulfonamides is 2. The van der Waals surface area contributed by atoms with Crippen LogP contribution in [0.4, 0.5) is 5.69 Å². The third kappa shape index (κ3) is 2.89. The molecule has 3 rings (SSSR count). The minimum Gasteiger partial charge on any atom is -0.398 e. The van der Waals surface area contributed by atoms with Crippen LogP contribution in [0, 0.1) is 5.92 Å². The lowest BCUT2D eigenvalue weighted by Crippen LogP contribution is -2.43. The molecule has 3 atom stereocenters. The van der Waals surface area contributed by atoms with Crippen LogP contribution >= 0.6 is 0 Å². The van der Waals surface area contributed by atoms with Crippen molar-refractivity contribution in [2.45, 2.75) is 43.2 Å². The van der Waals surface area contributed by atoms with Crippen molar-refractivity contribution in [3.05, 3.63) is 24.3 Å². The van der Waals surface area contributed by atoms with E-state index in [0.717, 1.165) is 10.6 Å². The molecule has 2 fully saturated rings. The maximum absolute atomic E-state index is 13.2. The Morgan fingerprint density at radius 3 is 2.42 bits per heavy atom. The van der Waals surface area contributed by atoms with Gasteiger partial charge in [-0.3, -0.25) is 4.79 Å². The smallest absolute Gasteiger partial charge is 0.245 e. The number of benzene rings is 1. The van der Waals surface area contributed by atoms with Gasteiger partial charge in [-0.2, -0.15) is 4.31 Å². The number of nitrogen functional groups attached to an aromatic ring is 1. The Balaban J connectivity index is 2.07. The maximum Gasteiger partial charge on any atom is 0.245 e. The molecule has 2 aliphatic heterocycles. The number of fused-ring (bicyclic) bond motifs is 1. The number of rotatable bonds is 5. The van der Waals surface area contributed by atoms with E-state index in [1.54, 1.807) is 12.1 Å². The van der Waals surface area contributed by atoms with Gasteiger partial charge in [0.15, 0.2) is 0 Å². The minimum atomic E-state index is -3.93. The zero-order valence-corrected chi connectivity index (χ0v) is 16.3. The average Bonchev–Trinajstić information content (AvgIpc) is 3.06. The molecule has 1 aromatic rings. The van der Waals surface area contributed by atoms with Gasteiger partial charge in [-0.25, -0.2) is 21.1 Å². The van der Waals surface area contributed by atoms with Crippen LogP contribution in [0.5, 0.6) is 0 Å². The summed E-state index contributed by atoms with van der Waals surface area (Å²) in [5, 5.41) is 0. The number of amides is 1. The highest BCUT2D eigenvalue weighted by Gasteiger charge is 2.58. The summed E-state index contributed by atoms with van der Waals surface area (Å²) in [6, 6.07) is 4.81. The third-order valence-corrected chi connectivity index (χ3v) is 8.22. The van der Waals surface area contributed by atoms with Crippen LogP contribution in [0.1, 0.15) is 26.2 Å². The van der Waals surface area contributed by atoms with Crippen molar-refractivity contribution in [1.29, 1.82) is 0 Å². The molecule has 26 heavy (non-hydrogen) atoms. The fraction of sp³-hybridized carbons (Fsp3) is 0.562. The van der Waals surface area contributed by atoms with Crippen molar-refractivity contribution >= 4 is 31.6 Å². The van der Waals surface area contributed by atoms with Gasteiger partial charge in [0.1, 0.15) is 4.90 Å². The van der Waals surface area contributed by atoms with Crippen molar-refractivity contribution in [2.24, 2.45) is 5.92 Å². The lowest BCUT2D eigenvalue weighted by Gasteiger charge is -2.27. The highest BCUT2D eigenvalue weighted by atomic mass is 32.2. The van der Waals surface area contributed by atoms with Crippen LogP contribution in [0.15, 0.2) is 29.2 Å². The summed E-state index contributed by atoms with van der Waals surface area (Å²) in [6.45, 7) is 2.04. The van der Waals surface area contributed by atoms with Crippen molar-refractivity contribution in [3.8, 4) is 0 Å². The Labute approximate surface area is 154 Å². The molecule has 144 valence electrons. The molecule has 2 N–H and O–H groups in total. The SMILES string of the molecule is CCC[C@H]1C(=O)N(S(C)(=O)=O)[C@H]2CCN(S(=O)(=O)c3ccccc3N)[C@H]12. The van der Waals surface area contributed by atoms with E-state index in [9.17, 15) is 21.6 Å². The van der Waals surface area contributed by atoms with Gasteiger partial charge in [0.2, 0.25) is 26.0 Å². The van der Waals surface area contributed by atoms with Crippen LogP contribution in [-0.2, 0) is 24.8 Å². The van der Waals surface area contributed by atoms with Gasteiger partial charge in [-0.15, -0.1) is 0 Å². The molecule has 0 bridgehead atoms. The van der Waals surface area contributed by atoms with E-state index in [2.05, 4.69) is 0 Å².